The Kier molecular flexibility index (Phi) is 10.4. The number of carbonyl (C=O) groups excluding carboxylic acids is 3. The van der Waals surface area contributed by atoms with E-state index in [9.17, 15) is 14.4 Å². The normalized spacial score (nSPS) is 12.2. The largest absolute Gasteiger partial charge is 0.468 e. The Bertz CT molecular complexity index is 665. The number of rotatable bonds is 11. The number of ether oxygens (including phenoxy) is 2. The minimum absolute atomic E-state index is 0.165. The summed E-state index contributed by atoms with van der Waals surface area (Å²) in [6.07, 6.45) is 2.39. The first-order valence-electron chi connectivity index (χ1n) is 9.96. The van der Waals surface area contributed by atoms with E-state index in [4.69, 9.17) is 9.47 Å². The average Bonchev–Trinajstić information content (AvgIpc) is 2.65. The molecule has 1 aromatic rings. The van der Waals surface area contributed by atoms with Crippen molar-refractivity contribution in [2.24, 2.45) is 0 Å². The van der Waals surface area contributed by atoms with Crippen molar-refractivity contribution < 1.29 is 23.9 Å². The smallest absolute Gasteiger partial charge is 0.407 e. The number of benzene rings is 1. The first-order chi connectivity index (χ1) is 13.6. The van der Waals surface area contributed by atoms with E-state index >= 15 is 0 Å². The predicted octanol–water partition coefficient (Wildman–Crippen LogP) is 2.80. The molecule has 0 saturated carbocycles. The minimum atomic E-state index is -0.511. The van der Waals surface area contributed by atoms with Crippen molar-refractivity contribution in [3.63, 3.8) is 0 Å². The highest BCUT2D eigenvalue weighted by atomic mass is 16.6. The topological polar surface area (TPSA) is 93.7 Å². The van der Waals surface area contributed by atoms with E-state index in [1.807, 2.05) is 45.0 Å². The van der Waals surface area contributed by atoms with Crippen LogP contribution in [0.4, 0.5) is 4.79 Å². The van der Waals surface area contributed by atoms with Gasteiger partial charge in [0.05, 0.1) is 7.11 Å². The zero-order valence-corrected chi connectivity index (χ0v) is 18.2. The Morgan fingerprint density at radius 1 is 1.03 bits per heavy atom. The summed E-state index contributed by atoms with van der Waals surface area (Å²) in [6, 6.07) is 7.31. The van der Waals surface area contributed by atoms with Crippen LogP contribution in [0.3, 0.4) is 0 Å². The van der Waals surface area contributed by atoms with Crippen molar-refractivity contribution in [3.8, 4) is 0 Å². The van der Waals surface area contributed by atoms with Gasteiger partial charge in [-0.15, -0.1) is 0 Å². The summed E-state index contributed by atoms with van der Waals surface area (Å²) in [4.78, 5) is 35.3. The van der Waals surface area contributed by atoms with Gasteiger partial charge < -0.3 is 20.1 Å². The molecule has 0 aliphatic rings. The van der Waals surface area contributed by atoms with Crippen molar-refractivity contribution in [2.75, 3.05) is 20.7 Å². The highest BCUT2D eigenvalue weighted by Gasteiger charge is 2.17. The molecule has 0 spiro atoms. The number of ketones is 1. The zero-order valence-electron chi connectivity index (χ0n) is 18.2. The molecule has 0 radical (unpaired) electrons. The zero-order chi connectivity index (χ0) is 21.9. The highest BCUT2D eigenvalue weighted by Crippen LogP contribution is 2.10. The molecule has 0 fully saturated rings. The van der Waals surface area contributed by atoms with Gasteiger partial charge in [-0.1, -0.05) is 24.3 Å². The Morgan fingerprint density at radius 2 is 1.66 bits per heavy atom. The molecular formula is C22H34N2O5. The Hall–Kier alpha value is -2.41. The monoisotopic (exact) mass is 406 g/mol. The predicted molar refractivity (Wildman–Crippen MR) is 112 cm³/mol. The number of hydrogen-bond acceptors (Lipinski definition) is 6. The first-order valence-corrected chi connectivity index (χ1v) is 9.96. The Labute approximate surface area is 173 Å². The van der Waals surface area contributed by atoms with E-state index < -0.39 is 11.7 Å². The maximum atomic E-state index is 12.2. The number of unbranched alkanes of at least 4 members (excludes halogenated alkanes) is 1. The Balaban J connectivity index is 2.31. The Morgan fingerprint density at radius 3 is 2.21 bits per heavy atom. The van der Waals surface area contributed by atoms with E-state index in [1.54, 1.807) is 7.05 Å². The summed E-state index contributed by atoms with van der Waals surface area (Å²) in [5, 5.41) is 5.63. The number of likely N-dealkylation sites (N-methyl/N-ethyl adjacent to an activating group) is 1. The molecular weight excluding hydrogens is 372 g/mol. The maximum Gasteiger partial charge on any atom is 0.407 e. The van der Waals surface area contributed by atoms with Gasteiger partial charge in [-0.3, -0.25) is 9.59 Å². The number of hydrogen-bond donors (Lipinski definition) is 2. The van der Waals surface area contributed by atoms with E-state index in [-0.39, 0.29) is 17.8 Å². The molecule has 29 heavy (non-hydrogen) atoms. The molecule has 0 aromatic heterocycles. The quantitative estimate of drug-likeness (QED) is 0.434. The molecule has 1 amide bonds. The third-order valence-electron chi connectivity index (χ3n) is 4.25. The van der Waals surface area contributed by atoms with Crippen molar-refractivity contribution in [2.45, 2.75) is 64.5 Å². The van der Waals surface area contributed by atoms with Gasteiger partial charge in [0.2, 0.25) is 0 Å². The average molecular weight is 407 g/mol. The lowest BCUT2D eigenvalue weighted by Crippen LogP contribution is -2.36. The van der Waals surface area contributed by atoms with E-state index in [2.05, 4.69) is 10.6 Å². The second-order valence-corrected chi connectivity index (χ2v) is 7.99. The number of nitrogens with one attached hydrogen (secondary N) is 2. The number of carbonyl (C=O) groups is 3. The lowest BCUT2D eigenvalue weighted by Gasteiger charge is -2.19. The second kappa shape index (κ2) is 12.2. The SMILES string of the molecule is CN[C@@H](Cc1ccc(CC(=O)CCCCNC(=O)OC(C)(C)C)cc1)C(=O)OC. The summed E-state index contributed by atoms with van der Waals surface area (Å²) in [6.45, 7) is 5.94. The molecule has 1 rings (SSSR count). The van der Waals surface area contributed by atoms with Gasteiger partial charge >= 0.3 is 12.1 Å². The van der Waals surface area contributed by atoms with Gasteiger partial charge in [-0.2, -0.15) is 0 Å². The summed E-state index contributed by atoms with van der Waals surface area (Å²) in [7, 11) is 3.09. The van der Waals surface area contributed by atoms with Crippen LogP contribution in [0, 0.1) is 0 Å². The van der Waals surface area contributed by atoms with Crippen molar-refractivity contribution >= 4 is 17.8 Å². The lowest BCUT2D eigenvalue weighted by molar-refractivity contribution is -0.142. The van der Waals surface area contributed by atoms with Crippen molar-refractivity contribution in [1.29, 1.82) is 0 Å². The standard InChI is InChI=1S/C22H34N2O5/c1-22(2,3)29-21(27)24-13-7-6-8-18(25)14-16-9-11-17(12-10-16)15-19(23-4)20(26)28-5/h9-12,19,23H,6-8,13-15H2,1-5H3,(H,24,27)/t19-/m0/s1. The number of amides is 1. The molecule has 0 saturated heterocycles. The fraction of sp³-hybridized carbons (Fsp3) is 0.591. The number of Topliss-reactive ketones (excluding diaryl/α,β-unsaturated/α-hetero) is 1. The van der Waals surface area contributed by atoms with Crippen LogP contribution < -0.4 is 10.6 Å². The third kappa shape index (κ3) is 10.6. The van der Waals surface area contributed by atoms with Gasteiger partial charge in [-0.05, 0) is 58.2 Å². The molecule has 0 heterocycles. The van der Waals surface area contributed by atoms with Gasteiger partial charge in [0, 0.05) is 19.4 Å². The molecule has 7 nitrogen and oxygen atoms in total. The summed E-state index contributed by atoms with van der Waals surface area (Å²) in [5.41, 5.74) is 1.44. The molecule has 0 unspecified atom stereocenters. The van der Waals surface area contributed by atoms with Crippen LogP contribution in [0.25, 0.3) is 0 Å². The molecule has 0 aliphatic carbocycles. The molecule has 0 bridgehead atoms. The second-order valence-electron chi connectivity index (χ2n) is 7.99. The molecule has 2 N–H and O–H groups in total. The van der Waals surface area contributed by atoms with Gasteiger partial charge in [-0.25, -0.2) is 4.79 Å². The van der Waals surface area contributed by atoms with Crippen LogP contribution >= 0.6 is 0 Å². The minimum Gasteiger partial charge on any atom is -0.468 e. The fourth-order valence-electron chi connectivity index (χ4n) is 2.74. The number of esters is 1. The molecule has 7 heteroatoms. The van der Waals surface area contributed by atoms with Gasteiger partial charge in [0.1, 0.15) is 17.4 Å². The van der Waals surface area contributed by atoms with Crippen LogP contribution in [0.15, 0.2) is 24.3 Å². The van der Waals surface area contributed by atoms with Crippen LogP contribution in [-0.4, -0.2) is 50.2 Å². The van der Waals surface area contributed by atoms with Crippen molar-refractivity contribution in [3.05, 3.63) is 35.4 Å². The first kappa shape index (κ1) is 24.6. The third-order valence-corrected chi connectivity index (χ3v) is 4.25. The summed E-state index contributed by atoms with van der Waals surface area (Å²) >= 11 is 0. The maximum absolute atomic E-state index is 12.2. The van der Waals surface area contributed by atoms with E-state index in [0.717, 1.165) is 24.0 Å². The summed E-state index contributed by atoms with van der Waals surface area (Å²) in [5.74, 6) is -0.134. The van der Waals surface area contributed by atoms with Gasteiger partial charge in [0.15, 0.2) is 0 Å². The number of methoxy groups -OCH3 is 1. The van der Waals surface area contributed by atoms with E-state index in [1.165, 1.54) is 7.11 Å². The number of alkyl carbamates (subject to hydrolysis) is 1. The van der Waals surface area contributed by atoms with Crippen LogP contribution in [0.5, 0.6) is 0 Å². The van der Waals surface area contributed by atoms with Crippen LogP contribution in [0.2, 0.25) is 0 Å². The molecule has 0 aliphatic heterocycles. The van der Waals surface area contributed by atoms with Crippen LogP contribution in [-0.2, 0) is 31.9 Å². The van der Waals surface area contributed by atoms with Crippen LogP contribution in [0.1, 0.15) is 51.2 Å². The lowest BCUT2D eigenvalue weighted by atomic mass is 10.0. The molecule has 1 atom stereocenters. The fourth-order valence-corrected chi connectivity index (χ4v) is 2.74. The van der Waals surface area contributed by atoms with E-state index in [0.29, 0.717) is 25.8 Å². The molecule has 1 aromatic carbocycles. The summed E-state index contributed by atoms with van der Waals surface area (Å²) < 4.78 is 9.92. The molecule has 162 valence electrons. The van der Waals surface area contributed by atoms with Crippen molar-refractivity contribution in [1.82, 2.24) is 10.6 Å². The van der Waals surface area contributed by atoms with Gasteiger partial charge in [0.25, 0.3) is 0 Å². The highest BCUT2D eigenvalue weighted by molar-refractivity contribution is 5.80.